The lowest BCUT2D eigenvalue weighted by Crippen LogP contribution is -2.01. The predicted molar refractivity (Wildman–Crippen MR) is 69.0 cm³/mol. The highest BCUT2D eigenvalue weighted by atomic mass is 127. The van der Waals surface area contributed by atoms with Gasteiger partial charge in [-0.25, -0.2) is 4.39 Å². The van der Waals surface area contributed by atoms with Crippen LogP contribution in [-0.2, 0) is 0 Å². The molecule has 0 unspecified atom stereocenters. The molecule has 0 radical (unpaired) electrons. The topological polar surface area (TPSA) is 17.1 Å². The molecule has 0 bridgehead atoms. The molecule has 16 heavy (non-hydrogen) atoms. The van der Waals surface area contributed by atoms with Crippen LogP contribution in [-0.4, -0.2) is 5.78 Å². The molecular weight excluding hydrogens is 318 g/mol. The van der Waals surface area contributed by atoms with E-state index in [0.29, 0.717) is 11.1 Å². The fourth-order valence-corrected chi connectivity index (χ4v) is 1.76. The van der Waals surface area contributed by atoms with Crippen LogP contribution in [0.2, 0.25) is 0 Å². The Morgan fingerprint density at radius 3 is 2.31 bits per heavy atom. The minimum Gasteiger partial charge on any atom is -0.289 e. The van der Waals surface area contributed by atoms with Gasteiger partial charge in [-0.3, -0.25) is 4.79 Å². The summed E-state index contributed by atoms with van der Waals surface area (Å²) in [5.41, 5.74) is 0.951. The van der Waals surface area contributed by atoms with E-state index in [1.807, 2.05) is 12.1 Å². The van der Waals surface area contributed by atoms with Crippen LogP contribution in [0.5, 0.6) is 0 Å². The van der Waals surface area contributed by atoms with Crippen molar-refractivity contribution in [3.05, 3.63) is 69.0 Å². The molecule has 2 aromatic carbocycles. The fourth-order valence-electron chi connectivity index (χ4n) is 1.40. The van der Waals surface area contributed by atoms with Crippen LogP contribution in [0, 0.1) is 9.39 Å². The summed E-state index contributed by atoms with van der Waals surface area (Å²) >= 11 is 2.17. The summed E-state index contributed by atoms with van der Waals surface area (Å²) < 4.78 is 14.0. The van der Waals surface area contributed by atoms with Crippen LogP contribution in [0.1, 0.15) is 15.9 Å². The second-order valence-electron chi connectivity index (χ2n) is 3.35. The zero-order chi connectivity index (χ0) is 11.5. The van der Waals surface area contributed by atoms with E-state index in [1.54, 1.807) is 18.2 Å². The van der Waals surface area contributed by atoms with Crippen LogP contribution in [0.3, 0.4) is 0 Å². The number of ketones is 1. The van der Waals surface area contributed by atoms with Gasteiger partial charge in [0.2, 0.25) is 0 Å². The van der Waals surface area contributed by atoms with Crippen LogP contribution in [0.25, 0.3) is 0 Å². The van der Waals surface area contributed by atoms with Gasteiger partial charge >= 0.3 is 0 Å². The Kier molecular flexibility index (Phi) is 3.33. The van der Waals surface area contributed by atoms with Gasteiger partial charge in [-0.2, -0.15) is 0 Å². The van der Waals surface area contributed by atoms with Gasteiger partial charge in [0.05, 0.1) is 0 Å². The average molecular weight is 326 g/mol. The molecule has 0 aliphatic carbocycles. The van der Waals surface area contributed by atoms with Gasteiger partial charge in [0.1, 0.15) is 5.82 Å². The van der Waals surface area contributed by atoms with Crippen LogP contribution in [0.15, 0.2) is 48.5 Å². The van der Waals surface area contributed by atoms with Crippen molar-refractivity contribution in [1.29, 1.82) is 0 Å². The molecule has 1 nitrogen and oxygen atoms in total. The Bertz CT molecular complexity index is 520. The Morgan fingerprint density at radius 1 is 1.00 bits per heavy atom. The summed E-state index contributed by atoms with van der Waals surface area (Å²) in [6, 6.07) is 12.9. The first-order valence-corrected chi connectivity index (χ1v) is 5.80. The third-order valence-electron chi connectivity index (χ3n) is 2.19. The van der Waals surface area contributed by atoms with E-state index in [9.17, 15) is 9.18 Å². The van der Waals surface area contributed by atoms with E-state index in [0.717, 1.165) is 3.57 Å². The van der Waals surface area contributed by atoms with Crippen molar-refractivity contribution in [3.63, 3.8) is 0 Å². The summed E-state index contributed by atoms with van der Waals surface area (Å²) in [6.45, 7) is 0. The third kappa shape index (κ3) is 2.47. The molecule has 0 spiro atoms. The molecule has 0 fully saturated rings. The minimum absolute atomic E-state index is 0.157. The summed E-state index contributed by atoms with van der Waals surface area (Å²) in [5, 5.41) is 0. The van der Waals surface area contributed by atoms with Gasteiger partial charge in [0.25, 0.3) is 0 Å². The quantitative estimate of drug-likeness (QED) is 0.608. The highest BCUT2D eigenvalue weighted by molar-refractivity contribution is 14.1. The van der Waals surface area contributed by atoms with Crippen molar-refractivity contribution in [1.82, 2.24) is 0 Å². The highest BCUT2D eigenvalue weighted by Gasteiger charge is 2.08. The molecule has 0 amide bonds. The molecule has 0 heterocycles. The summed E-state index contributed by atoms with van der Waals surface area (Å²) in [4.78, 5) is 11.9. The van der Waals surface area contributed by atoms with Gasteiger partial charge < -0.3 is 0 Å². The summed E-state index contributed by atoms with van der Waals surface area (Å²) in [7, 11) is 0. The number of hydrogen-bond donors (Lipinski definition) is 0. The maximum atomic E-state index is 13.0. The van der Waals surface area contributed by atoms with Crippen molar-refractivity contribution < 1.29 is 9.18 Å². The average Bonchev–Trinajstić information content (AvgIpc) is 2.29. The number of carbonyl (C=O) groups excluding carboxylic acids is 1. The lowest BCUT2D eigenvalue weighted by molar-refractivity contribution is 0.103. The van der Waals surface area contributed by atoms with Crippen LogP contribution >= 0.6 is 22.6 Å². The van der Waals surface area contributed by atoms with Crippen LogP contribution < -0.4 is 0 Å². The number of benzene rings is 2. The molecule has 0 saturated heterocycles. The molecule has 0 aliphatic heterocycles. The number of halogens is 2. The maximum absolute atomic E-state index is 13.0. The zero-order valence-corrected chi connectivity index (χ0v) is 10.4. The minimum atomic E-state index is -0.392. The second kappa shape index (κ2) is 4.74. The van der Waals surface area contributed by atoms with Gasteiger partial charge in [-0.1, -0.05) is 12.1 Å². The summed E-state index contributed by atoms with van der Waals surface area (Å²) in [6.07, 6.45) is 0. The van der Waals surface area contributed by atoms with Crippen molar-refractivity contribution in [3.8, 4) is 0 Å². The van der Waals surface area contributed by atoms with E-state index in [1.165, 1.54) is 18.2 Å². The zero-order valence-electron chi connectivity index (χ0n) is 8.28. The number of carbonyl (C=O) groups is 1. The van der Waals surface area contributed by atoms with E-state index >= 15 is 0 Å². The van der Waals surface area contributed by atoms with Crippen molar-refractivity contribution in [2.45, 2.75) is 0 Å². The molecule has 3 heteroatoms. The van der Waals surface area contributed by atoms with E-state index in [2.05, 4.69) is 22.6 Å². The highest BCUT2D eigenvalue weighted by Crippen LogP contribution is 2.13. The van der Waals surface area contributed by atoms with Gasteiger partial charge in [-0.05, 0) is 59.0 Å². The monoisotopic (exact) mass is 326 g/mol. The molecule has 80 valence electrons. The normalized spacial score (nSPS) is 10.1. The molecule has 0 aliphatic rings. The van der Waals surface area contributed by atoms with Gasteiger partial charge in [0, 0.05) is 14.7 Å². The van der Waals surface area contributed by atoms with Crippen molar-refractivity contribution >= 4 is 28.4 Å². The van der Waals surface area contributed by atoms with E-state index in [-0.39, 0.29) is 5.78 Å². The van der Waals surface area contributed by atoms with Crippen molar-refractivity contribution in [2.24, 2.45) is 0 Å². The predicted octanol–water partition coefficient (Wildman–Crippen LogP) is 3.66. The first-order valence-electron chi connectivity index (χ1n) is 4.72. The van der Waals surface area contributed by atoms with Gasteiger partial charge in [0.15, 0.2) is 5.78 Å². The maximum Gasteiger partial charge on any atom is 0.193 e. The molecule has 0 aromatic heterocycles. The van der Waals surface area contributed by atoms with Crippen molar-refractivity contribution in [2.75, 3.05) is 0 Å². The SMILES string of the molecule is O=C(c1ccc(I)cc1)c1cccc(F)c1. The second-order valence-corrected chi connectivity index (χ2v) is 4.59. The lowest BCUT2D eigenvalue weighted by Gasteiger charge is -2.01. The van der Waals surface area contributed by atoms with E-state index < -0.39 is 5.82 Å². The lowest BCUT2D eigenvalue weighted by atomic mass is 10.0. The smallest absolute Gasteiger partial charge is 0.193 e. The van der Waals surface area contributed by atoms with Crippen LogP contribution in [0.4, 0.5) is 4.39 Å². The Labute approximate surface area is 106 Å². The number of rotatable bonds is 2. The summed E-state index contributed by atoms with van der Waals surface area (Å²) in [5.74, 6) is -0.549. The van der Waals surface area contributed by atoms with E-state index in [4.69, 9.17) is 0 Å². The largest absolute Gasteiger partial charge is 0.289 e. The standard InChI is InChI=1S/C13H8FIO/c14-11-3-1-2-10(8-11)13(16)9-4-6-12(15)7-5-9/h1-8H. The molecule has 0 atom stereocenters. The molecule has 0 N–H and O–H groups in total. The molecular formula is C13H8FIO. The third-order valence-corrected chi connectivity index (χ3v) is 2.91. The Morgan fingerprint density at radius 2 is 1.69 bits per heavy atom. The van der Waals surface area contributed by atoms with Gasteiger partial charge in [-0.15, -0.1) is 0 Å². The molecule has 0 saturated carbocycles. The fraction of sp³-hybridized carbons (Fsp3) is 0. The molecule has 2 aromatic rings. The Hall–Kier alpha value is -1.23. The first-order chi connectivity index (χ1) is 7.66. The molecule has 2 rings (SSSR count). The number of hydrogen-bond acceptors (Lipinski definition) is 1. The first kappa shape index (κ1) is 11.3. The Balaban J connectivity index is 2.35.